The maximum atomic E-state index is 16.6. The van der Waals surface area contributed by atoms with Gasteiger partial charge in [0.1, 0.15) is 23.6 Å². The normalized spacial score (nSPS) is 19.2. The predicted molar refractivity (Wildman–Crippen MR) is 151 cm³/mol. The zero-order valence-electron chi connectivity index (χ0n) is 22.6. The number of ether oxygens (including phenoxy) is 1. The number of pyridine rings is 1. The minimum Gasteiger partial charge on any atom is -0.461 e. The third kappa shape index (κ3) is 4.06. The molecule has 1 N–H and O–H groups in total. The first-order chi connectivity index (χ1) is 19.0. The van der Waals surface area contributed by atoms with Crippen LogP contribution in [-0.2, 0) is 0 Å². The van der Waals surface area contributed by atoms with E-state index in [9.17, 15) is 0 Å². The molecule has 0 bridgehead atoms. The van der Waals surface area contributed by atoms with Crippen LogP contribution in [0.4, 0.5) is 10.2 Å². The summed E-state index contributed by atoms with van der Waals surface area (Å²) in [6.45, 7) is 8.40. The van der Waals surface area contributed by atoms with E-state index in [0.717, 1.165) is 79.5 Å². The molecule has 39 heavy (non-hydrogen) atoms. The highest BCUT2D eigenvalue weighted by Gasteiger charge is 2.45. The Morgan fingerprint density at radius 2 is 1.77 bits per heavy atom. The lowest BCUT2D eigenvalue weighted by Gasteiger charge is -2.31. The average molecular weight is 528 g/mol. The summed E-state index contributed by atoms with van der Waals surface area (Å²) in [6, 6.07) is 2.28. The van der Waals surface area contributed by atoms with Crippen molar-refractivity contribution in [2.45, 2.75) is 57.9 Å². The van der Waals surface area contributed by atoms with E-state index in [1.807, 2.05) is 19.9 Å². The quantitative estimate of drug-likeness (QED) is 0.344. The molecule has 0 unspecified atom stereocenters. The predicted octanol–water partition coefficient (Wildman–Crippen LogP) is 5.49. The van der Waals surface area contributed by atoms with Gasteiger partial charge >= 0.3 is 6.01 Å². The maximum Gasteiger partial charge on any atom is 0.319 e. The van der Waals surface area contributed by atoms with Crippen LogP contribution in [0.25, 0.3) is 33.1 Å². The van der Waals surface area contributed by atoms with Crippen LogP contribution >= 0.6 is 0 Å². The highest BCUT2D eigenvalue weighted by atomic mass is 19.1. The van der Waals surface area contributed by atoms with E-state index in [-0.39, 0.29) is 22.8 Å². The highest BCUT2D eigenvalue weighted by Crippen LogP contribution is 2.40. The lowest BCUT2D eigenvalue weighted by Crippen LogP contribution is -2.43. The highest BCUT2D eigenvalue weighted by molar-refractivity contribution is 5.99. The number of anilines is 1. The van der Waals surface area contributed by atoms with Crippen LogP contribution in [0.2, 0.25) is 0 Å². The molecule has 6 heterocycles. The summed E-state index contributed by atoms with van der Waals surface area (Å²) in [4.78, 5) is 19.0. The summed E-state index contributed by atoms with van der Waals surface area (Å²) >= 11 is 0. The van der Waals surface area contributed by atoms with E-state index >= 15 is 4.39 Å². The number of aromatic nitrogens is 5. The summed E-state index contributed by atoms with van der Waals surface area (Å²) in [6.07, 6.45) is 14.3. The summed E-state index contributed by atoms with van der Waals surface area (Å²) < 4.78 is 22.9. The number of nitrogens with one attached hydrogen (secondary N) is 1. The lowest BCUT2D eigenvalue weighted by molar-refractivity contribution is 0.108. The third-order valence-corrected chi connectivity index (χ3v) is 9.02. The van der Waals surface area contributed by atoms with Gasteiger partial charge in [-0.25, -0.2) is 4.39 Å². The standard InChI is InChI=1S/C30H34FN7O/c1-19-15-23-21(17-33-36-23)24(20(19)2)27-25(31)26-22(16-32-27)28(37-11-5-3-4-6-12-37)35-29(34-26)39-18-30-9-7-13-38(30)14-8-10-30/h3-4,15-17H,5-14,18H2,1-2H3,(H,33,36). The molecule has 0 aliphatic carbocycles. The number of aromatic amines is 1. The van der Waals surface area contributed by atoms with Gasteiger partial charge in [0.25, 0.3) is 0 Å². The summed E-state index contributed by atoms with van der Waals surface area (Å²) in [5.41, 5.74) is 4.20. The van der Waals surface area contributed by atoms with Crippen LogP contribution in [0.15, 0.2) is 30.6 Å². The number of halogens is 1. The van der Waals surface area contributed by atoms with Gasteiger partial charge in [0.15, 0.2) is 5.82 Å². The molecule has 3 aliphatic heterocycles. The van der Waals surface area contributed by atoms with Crippen molar-refractivity contribution in [1.29, 1.82) is 0 Å². The molecule has 1 aromatic carbocycles. The third-order valence-electron chi connectivity index (χ3n) is 9.02. The van der Waals surface area contributed by atoms with Crippen molar-refractivity contribution in [3.63, 3.8) is 0 Å². The van der Waals surface area contributed by atoms with Crippen LogP contribution in [0.5, 0.6) is 6.01 Å². The average Bonchev–Trinajstić information content (AvgIpc) is 3.60. The Balaban J connectivity index is 1.36. The molecular formula is C30H34FN7O. The molecule has 0 amide bonds. The van der Waals surface area contributed by atoms with Crippen LogP contribution in [0.3, 0.4) is 0 Å². The smallest absolute Gasteiger partial charge is 0.319 e. The Kier molecular flexibility index (Phi) is 5.99. The summed E-state index contributed by atoms with van der Waals surface area (Å²) in [5.74, 6) is 0.241. The number of fused-ring (bicyclic) bond motifs is 3. The molecule has 0 atom stereocenters. The van der Waals surface area contributed by atoms with Crippen LogP contribution in [0.1, 0.15) is 49.7 Å². The Labute approximate surface area is 227 Å². The molecule has 2 fully saturated rings. The fourth-order valence-electron chi connectivity index (χ4n) is 6.82. The van der Waals surface area contributed by atoms with Gasteiger partial charge < -0.3 is 9.64 Å². The number of benzene rings is 1. The number of aryl methyl sites for hydroxylation is 1. The van der Waals surface area contributed by atoms with E-state index in [4.69, 9.17) is 14.7 Å². The molecule has 202 valence electrons. The zero-order chi connectivity index (χ0) is 26.6. The number of rotatable bonds is 5. The van der Waals surface area contributed by atoms with Crippen molar-refractivity contribution >= 4 is 27.6 Å². The Bertz CT molecular complexity index is 1580. The topological polar surface area (TPSA) is 83.1 Å². The van der Waals surface area contributed by atoms with Crippen molar-refractivity contribution < 1.29 is 9.13 Å². The van der Waals surface area contributed by atoms with Crippen molar-refractivity contribution in [2.24, 2.45) is 0 Å². The number of nitrogens with zero attached hydrogens (tertiary/aromatic N) is 6. The van der Waals surface area contributed by atoms with Crippen molar-refractivity contribution in [1.82, 2.24) is 30.0 Å². The second-order valence-electron chi connectivity index (χ2n) is 11.3. The largest absolute Gasteiger partial charge is 0.461 e. The van der Waals surface area contributed by atoms with Crippen LogP contribution in [-0.4, -0.2) is 68.4 Å². The van der Waals surface area contributed by atoms with Crippen molar-refractivity contribution in [3.8, 4) is 17.3 Å². The van der Waals surface area contributed by atoms with E-state index in [1.165, 1.54) is 12.8 Å². The van der Waals surface area contributed by atoms with Crippen LogP contribution in [0, 0.1) is 19.7 Å². The molecule has 3 aromatic heterocycles. The number of hydrogen-bond donors (Lipinski definition) is 1. The maximum absolute atomic E-state index is 16.6. The first-order valence-corrected chi connectivity index (χ1v) is 14.1. The molecule has 0 saturated carbocycles. The van der Waals surface area contributed by atoms with Crippen LogP contribution < -0.4 is 9.64 Å². The molecule has 3 aliphatic rings. The van der Waals surface area contributed by atoms with E-state index in [0.29, 0.717) is 17.8 Å². The van der Waals surface area contributed by atoms with Gasteiger partial charge in [0.2, 0.25) is 0 Å². The monoisotopic (exact) mass is 527 g/mol. The fraction of sp³-hybridized carbons (Fsp3) is 0.467. The zero-order valence-corrected chi connectivity index (χ0v) is 22.6. The molecule has 2 saturated heterocycles. The van der Waals surface area contributed by atoms with Crippen molar-refractivity contribution in [3.05, 3.63) is 47.6 Å². The SMILES string of the molecule is Cc1cc2[nH]ncc2c(-c2ncc3c(N4CCC=CCC4)nc(OCC45CCCN4CCC5)nc3c2F)c1C. The minimum absolute atomic E-state index is 0.0541. The first kappa shape index (κ1) is 24.5. The summed E-state index contributed by atoms with van der Waals surface area (Å²) in [5, 5.41) is 8.68. The molecule has 7 rings (SSSR count). The Morgan fingerprint density at radius 3 is 2.54 bits per heavy atom. The van der Waals surface area contributed by atoms with Gasteiger partial charge in [-0.2, -0.15) is 15.1 Å². The number of hydrogen-bond acceptors (Lipinski definition) is 7. The van der Waals surface area contributed by atoms with Gasteiger partial charge in [0.05, 0.1) is 22.6 Å². The van der Waals surface area contributed by atoms with Gasteiger partial charge in [0, 0.05) is 30.2 Å². The van der Waals surface area contributed by atoms with E-state index in [1.54, 1.807) is 12.4 Å². The van der Waals surface area contributed by atoms with Gasteiger partial charge in [-0.15, -0.1) is 0 Å². The Hall–Kier alpha value is -3.59. The second kappa shape index (κ2) is 9.55. The number of H-pyrrole nitrogens is 1. The van der Waals surface area contributed by atoms with Crippen molar-refractivity contribution in [2.75, 3.05) is 37.7 Å². The summed E-state index contributed by atoms with van der Waals surface area (Å²) in [7, 11) is 0. The fourth-order valence-corrected chi connectivity index (χ4v) is 6.82. The first-order valence-electron chi connectivity index (χ1n) is 14.1. The van der Waals surface area contributed by atoms with Gasteiger partial charge in [-0.3, -0.25) is 15.0 Å². The molecular weight excluding hydrogens is 493 g/mol. The molecule has 4 aromatic rings. The molecule has 0 spiro atoms. The molecule has 9 heteroatoms. The lowest BCUT2D eigenvalue weighted by atomic mass is 9.95. The van der Waals surface area contributed by atoms with Gasteiger partial charge in [-0.05, 0) is 82.7 Å². The van der Waals surface area contributed by atoms with Gasteiger partial charge in [-0.1, -0.05) is 12.2 Å². The Morgan fingerprint density at radius 1 is 1.00 bits per heavy atom. The molecule has 0 radical (unpaired) electrons. The van der Waals surface area contributed by atoms with E-state index < -0.39 is 5.82 Å². The molecule has 8 nitrogen and oxygen atoms in total. The second-order valence-corrected chi connectivity index (χ2v) is 11.3. The van der Waals surface area contributed by atoms with E-state index in [2.05, 4.69) is 37.1 Å². The minimum atomic E-state index is -0.452.